The van der Waals surface area contributed by atoms with Crippen molar-refractivity contribution in [2.75, 3.05) is 13.3 Å². The highest BCUT2D eigenvalue weighted by Gasteiger charge is 2.12. The van der Waals surface area contributed by atoms with Gasteiger partial charge in [0.25, 0.3) is 0 Å². The molecule has 0 nitrogen and oxygen atoms in total. The van der Waals surface area contributed by atoms with Gasteiger partial charge in [0, 0.05) is 0 Å². The summed E-state index contributed by atoms with van der Waals surface area (Å²) in [7, 11) is 2.29. The Morgan fingerprint density at radius 2 is 1.57 bits per heavy atom. The van der Waals surface area contributed by atoms with E-state index in [1.807, 2.05) is 0 Å². The van der Waals surface area contributed by atoms with Gasteiger partial charge in [-0.3, -0.25) is 0 Å². The molecule has 0 aliphatic carbocycles. The van der Waals surface area contributed by atoms with Crippen LogP contribution in [0.1, 0.15) is 39.5 Å². The molecule has 0 aliphatic rings. The number of hydrogen-bond acceptors (Lipinski definition) is 0. The molecule has 0 N–H and O–H groups in total. The van der Waals surface area contributed by atoms with Gasteiger partial charge < -0.3 is 0 Å². The van der Waals surface area contributed by atoms with Gasteiger partial charge in [0.15, 0.2) is 0 Å². The SMILES string of the molecule is Br.Br.CCCCCC(PC)C(C)PC. The predicted octanol–water partition coefficient (Wildman–Crippen LogP) is 5.10. The lowest BCUT2D eigenvalue weighted by Crippen LogP contribution is -2.13. The third-order valence-electron chi connectivity index (χ3n) is 2.55. The maximum absolute atomic E-state index is 2.42. The summed E-state index contributed by atoms with van der Waals surface area (Å²) in [6.07, 6.45) is 5.73. The van der Waals surface area contributed by atoms with Gasteiger partial charge in [-0.25, -0.2) is 0 Å². The minimum Gasteiger partial charge on any atom is -0.122 e. The van der Waals surface area contributed by atoms with Crippen LogP contribution in [0, 0.1) is 0 Å². The Balaban J connectivity index is -0.000000605. The first kappa shape index (κ1) is 21.1. The van der Waals surface area contributed by atoms with Gasteiger partial charge in [-0.15, -0.1) is 51.1 Å². The molecule has 0 aromatic carbocycles. The molecule has 0 aliphatic heterocycles. The van der Waals surface area contributed by atoms with Crippen LogP contribution in [0.5, 0.6) is 0 Å². The van der Waals surface area contributed by atoms with E-state index in [0.29, 0.717) is 0 Å². The quantitative estimate of drug-likeness (QED) is 0.434. The first-order chi connectivity index (χ1) is 5.76. The van der Waals surface area contributed by atoms with E-state index in [9.17, 15) is 0 Å². The summed E-state index contributed by atoms with van der Waals surface area (Å²) in [5.74, 6) is 0. The molecule has 0 aromatic heterocycles. The zero-order chi connectivity index (χ0) is 9.40. The maximum atomic E-state index is 2.42. The van der Waals surface area contributed by atoms with E-state index in [1.54, 1.807) is 0 Å². The normalized spacial score (nSPS) is 15.4. The molecule has 0 spiro atoms. The lowest BCUT2D eigenvalue weighted by Gasteiger charge is -2.21. The molecule has 4 unspecified atom stereocenters. The molecule has 0 fully saturated rings. The van der Waals surface area contributed by atoms with Crippen LogP contribution in [0.25, 0.3) is 0 Å². The van der Waals surface area contributed by atoms with Crippen LogP contribution in [0.2, 0.25) is 0 Å². The molecule has 0 radical (unpaired) electrons. The van der Waals surface area contributed by atoms with Gasteiger partial charge in [-0.05, 0) is 31.1 Å². The molecule has 0 amide bonds. The summed E-state index contributed by atoms with van der Waals surface area (Å²) in [6, 6.07) is 0. The van der Waals surface area contributed by atoms with Crippen LogP contribution in [0.3, 0.4) is 0 Å². The fraction of sp³-hybridized carbons (Fsp3) is 1.00. The summed E-state index contributed by atoms with van der Waals surface area (Å²) >= 11 is 0. The van der Waals surface area contributed by atoms with E-state index in [0.717, 1.165) is 28.5 Å². The molecule has 4 atom stereocenters. The standard InChI is InChI=1S/C10H24P2.2BrH/c1-5-6-7-8-10(12-4)9(2)11-3;;/h9-12H,5-8H2,1-4H3;2*1H. The second-order valence-electron chi connectivity index (χ2n) is 3.47. The molecule has 0 saturated heterocycles. The highest BCUT2D eigenvalue weighted by atomic mass is 79.9. The van der Waals surface area contributed by atoms with Crippen LogP contribution in [0.15, 0.2) is 0 Å². The number of rotatable bonds is 7. The van der Waals surface area contributed by atoms with Gasteiger partial charge >= 0.3 is 0 Å². The smallest absolute Gasteiger partial charge is 0.0176 e. The van der Waals surface area contributed by atoms with Crippen molar-refractivity contribution in [3.63, 3.8) is 0 Å². The molecule has 90 valence electrons. The lowest BCUT2D eigenvalue weighted by atomic mass is 10.1. The maximum Gasteiger partial charge on any atom is -0.0176 e. The lowest BCUT2D eigenvalue weighted by molar-refractivity contribution is 0.638. The van der Waals surface area contributed by atoms with Crippen molar-refractivity contribution in [2.45, 2.75) is 50.8 Å². The summed E-state index contributed by atoms with van der Waals surface area (Å²) in [4.78, 5) is 0. The van der Waals surface area contributed by atoms with Gasteiger partial charge in [-0.2, -0.15) is 0 Å². The van der Waals surface area contributed by atoms with Crippen molar-refractivity contribution >= 4 is 51.1 Å². The largest absolute Gasteiger partial charge is 0.122 e. The average Bonchev–Trinajstić information content (AvgIpc) is 2.11. The highest BCUT2D eigenvalue weighted by Crippen LogP contribution is 2.32. The molecular weight excluding hydrogens is 342 g/mol. The van der Waals surface area contributed by atoms with E-state index in [1.165, 1.54) is 25.7 Å². The molecular formula is C10H26Br2P2. The van der Waals surface area contributed by atoms with E-state index in [4.69, 9.17) is 0 Å². The van der Waals surface area contributed by atoms with Crippen molar-refractivity contribution in [3.05, 3.63) is 0 Å². The Kier molecular flexibility index (Phi) is 22.4. The van der Waals surface area contributed by atoms with Crippen molar-refractivity contribution in [1.29, 1.82) is 0 Å². The predicted molar refractivity (Wildman–Crippen MR) is 86.5 cm³/mol. The van der Waals surface area contributed by atoms with Crippen molar-refractivity contribution in [3.8, 4) is 0 Å². The molecule has 0 heterocycles. The number of unbranched alkanes of at least 4 members (excludes halogenated alkanes) is 2. The van der Waals surface area contributed by atoms with E-state index in [2.05, 4.69) is 27.2 Å². The fourth-order valence-corrected chi connectivity index (χ4v) is 4.02. The van der Waals surface area contributed by atoms with Crippen molar-refractivity contribution in [1.82, 2.24) is 0 Å². The third-order valence-corrected chi connectivity index (χ3v) is 5.73. The zero-order valence-corrected chi connectivity index (χ0v) is 15.2. The van der Waals surface area contributed by atoms with Gasteiger partial charge in [0.2, 0.25) is 0 Å². The van der Waals surface area contributed by atoms with Gasteiger partial charge in [0.1, 0.15) is 0 Å². The van der Waals surface area contributed by atoms with Gasteiger partial charge in [-0.1, -0.05) is 33.1 Å². The average molecular weight is 368 g/mol. The minimum absolute atomic E-state index is 0. The van der Waals surface area contributed by atoms with Crippen LogP contribution in [-0.2, 0) is 0 Å². The van der Waals surface area contributed by atoms with Crippen LogP contribution in [-0.4, -0.2) is 24.6 Å². The Labute approximate surface area is 115 Å². The van der Waals surface area contributed by atoms with Gasteiger partial charge in [0.05, 0.1) is 0 Å². The van der Waals surface area contributed by atoms with E-state index >= 15 is 0 Å². The zero-order valence-electron chi connectivity index (χ0n) is 9.80. The second kappa shape index (κ2) is 14.8. The Morgan fingerprint density at radius 3 is 1.93 bits per heavy atom. The summed E-state index contributed by atoms with van der Waals surface area (Å²) < 4.78 is 0. The van der Waals surface area contributed by atoms with E-state index < -0.39 is 0 Å². The highest BCUT2D eigenvalue weighted by molar-refractivity contribution is 8.93. The molecule has 0 rings (SSSR count). The monoisotopic (exact) mass is 366 g/mol. The van der Waals surface area contributed by atoms with Crippen molar-refractivity contribution < 1.29 is 0 Å². The summed E-state index contributed by atoms with van der Waals surface area (Å²) in [5.41, 5.74) is 2.00. The molecule has 0 aromatic rings. The first-order valence-corrected chi connectivity index (χ1v) is 8.26. The van der Waals surface area contributed by atoms with Crippen molar-refractivity contribution in [2.24, 2.45) is 0 Å². The topological polar surface area (TPSA) is 0 Å². The fourth-order valence-electron chi connectivity index (χ4n) is 1.46. The second-order valence-corrected chi connectivity index (χ2v) is 6.28. The van der Waals surface area contributed by atoms with Crippen LogP contribution in [0.4, 0.5) is 0 Å². The summed E-state index contributed by atoms with van der Waals surface area (Å²) in [6.45, 7) is 9.42. The minimum atomic E-state index is 0. The van der Waals surface area contributed by atoms with E-state index in [-0.39, 0.29) is 34.0 Å². The van der Waals surface area contributed by atoms with Crippen LogP contribution < -0.4 is 0 Å². The Hall–Kier alpha value is 1.82. The molecule has 14 heavy (non-hydrogen) atoms. The Bertz CT molecular complexity index is 102. The molecule has 4 heteroatoms. The molecule has 0 bridgehead atoms. The van der Waals surface area contributed by atoms with Crippen LogP contribution >= 0.6 is 51.1 Å². The third kappa shape index (κ3) is 10.3. The molecule has 0 saturated carbocycles. The summed E-state index contributed by atoms with van der Waals surface area (Å²) in [5, 5.41) is 0. The number of hydrogen-bond donors (Lipinski definition) is 0. The first-order valence-electron chi connectivity index (χ1n) is 5.10. The number of halogens is 2. The Morgan fingerprint density at radius 1 is 1.00 bits per heavy atom.